The molecule has 1 aliphatic rings. The average molecular weight is 192 g/mol. The molecule has 1 unspecified atom stereocenters. The Morgan fingerprint density at radius 1 is 1.75 bits per heavy atom. The lowest BCUT2D eigenvalue weighted by Crippen LogP contribution is -2.37. The normalized spacial score (nSPS) is 22.7. The molecule has 0 aromatic carbocycles. The predicted octanol–water partition coefficient (Wildman–Crippen LogP) is 0.863. The van der Waals surface area contributed by atoms with Gasteiger partial charge in [0.05, 0.1) is 0 Å². The fourth-order valence-corrected chi connectivity index (χ4v) is 1.51. The first kappa shape index (κ1) is 9.81. The van der Waals surface area contributed by atoms with Crippen LogP contribution in [0.2, 0.25) is 0 Å². The zero-order chi connectivity index (χ0) is 8.97. The summed E-state index contributed by atoms with van der Waals surface area (Å²) < 4.78 is 5.25. The Morgan fingerprint density at radius 3 is 3.00 bits per heavy atom. The first-order chi connectivity index (χ1) is 5.75. The van der Waals surface area contributed by atoms with Gasteiger partial charge in [0.25, 0.3) is 5.91 Å². The maximum absolute atomic E-state index is 11.5. The lowest BCUT2D eigenvalue weighted by molar-refractivity contribution is -0.139. The van der Waals surface area contributed by atoms with Gasteiger partial charge in [-0.1, -0.05) is 0 Å². The van der Waals surface area contributed by atoms with Gasteiger partial charge < -0.3 is 9.64 Å². The van der Waals surface area contributed by atoms with E-state index in [-0.39, 0.29) is 12.0 Å². The van der Waals surface area contributed by atoms with Crippen LogP contribution in [0.4, 0.5) is 0 Å². The number of carbonyl (C=O) groups excluding carboxylic acids is 1. The molecule has 1 aliphatic heterocycles. The molecule has 0 radical (unpaired) electrons. The molecule has 12 heavy (non-hydrogen) atoms. The summed E-state index contributed by atoms with van der Waals surface area (Å²) in [5.74, 6) is 0.544. The van der Waals surface area contributed by atoms with E-state index in [1.54, 1.807) is 11.9 Å². The van der Waals surface area contributed by atoms with E-state index >= 15 is 0 Å². The van der Waals surface area contributed by atoms with E-state index in [4.69, 9.17) is 16.3 Å². The molecule has 0 saturated carbocycles. The molecule has 4 heteroatoms. The fourth-order valence-electron chi connectivity index (χ4n) is 1.26. The number of halogens is 1. The summed E-state index contributed by atoms with van der Waals surface area (Å²) in [5, 5.41) is 0. The van der Waals surface area contributed by atoms with Crippen molar-refractivity contribution in [1.29, 1.82) is 0 Å². The number of hydrogen-bond donors (Lipinski definition) is 0. The van der Waals surface area contributed by atoms with Crippen molar-refractivity contribution >= 4 is 17.5 Å². The highest BCUT2D eigenvalue weighted by Gasteiger charge is 2.25. The van der Waals surface area contributed by atoms with Crippen LogP contribution >= 0.6 is 11.6 Å². The standard InChI is InChI=1S/C8H14ClNO2/c1-10(5-4-9)8(11)7-3-2-6-12-7/h7H,2-6H2,1H3. The van der Waals surface area contributed by atoms with Gasteiger partial charge in [-0.2, -0.15) is 0 Å². The van der Waals surface area contributed by atoms with Crippen LogP contribution in [0.15, 0.2) is 0 Å². The zero-order valence-corrected chi connectivity index (χ0v) is 8.01. The first-order valence-corrected chi connectivity index (χ1v) is 4.71. The van der Waals surface area contributed by atoms with E-state index in [1.807, 2.05) is 0 Å². The van der Waals surface area contributed by atoms with Crippen molar-refractivity contribution in [2.75, 3.05) is 26.1 Å². The Labute approximate surface area is 77.6 Å². The Balaban J connectivity index is 2.34. The van der Waals surface area contributed by atoms with Crippen molar-refractivity contribution in [1.82, 2.24) is 4.90 Å². The summed E-state index contributed by atoms with van der Waals surface area (Å²) in [7, 11) is 1.76. The SMILES string of the molecule is CN(CCCl)C(=O)C1CCCO1. The zero-order valence-electron chi connectivity index (χ0n) is 7.25. The lowest BCUT2D eigenvalue weighted by atomic mass is 10.2. The van der Waals surface area contributed by atoms with Gasteiger partial charge in [0.2, 0.25) is 0 Å². The van der Waals surface area contributed by atoms with Crippen molar-refractivity contribution in [3.63, 3.8) is 0 Å². The number of likely N-dealkylation sites (N-methyl/N-ethyl adjacent to an activating group) is 1. The van der Waals surface area contributed by atoms with Crippen LogP contribution in [-0.4, -0.2) is 43.0 Å². The Kier molecular flexibility index (Phi) is 3.82. The molecule has 3 nitrogen and oxygen atoms in total. The maximum atomic E-state index is 11.5. The summed E-state index contributed by atoms with van der Waals surface area (Å²) in [6.45, 7) is 1.31. The molecule has 1 atom stereocenters. The molecule has 1 rings (SSSR count). The first-order valence-electron chi connectivity index (χ1n) is 4.18. The molecule has 70 valence electrons. The van der Waals surface area contributed by atoms with E-state index in [0.29, 0.717) is 19.0 Å². The summed E-state index contributed by atoms with van der Waals surface area (Å²) in [6, 6.07) is 0. The lowest BCUT2D eigenvalue weighted by Gasteiger charge is -2.19. The van der Waals surface area contributed by atoms with E-state index < -0.39 is 0 Å². The topological polar surface area (TPSA) is 29.5 Å². The molecule has 0 bridgehead atoms. The van der Waals surface area contributed by atoms with E-state index in [1.165, 1.54) is 0 Å². The van der Waals surface area contributed by atoms with Gasteiger partial charge in [-0.25, -0.2) is 0 Å². The van der Waals surface area contributed by atoms with Crippen molar-refractivity contribution in [2.24, 2.45) is 0 Å². The van der Waals surface area contributed by atoms with E-state index in [0.717, 1.165) is 12.8 Å². The quantitative estimate of drug-likeness (QED) is 0.620. The van der Waals surface area contributed by atoms with Crippen LogP contribution in [0.5, 0.6) is 0 Å². The molecule has 1 saturated heterocycles. The molecule has 1 fully saturated rings. The monoisotopic (exact) mass is 191 g/mol. The second kappa shape index (κ2) is 4.67. The van der Waals surface area contributed by atoms with Gasteiger partial charge in [-0.15, -0.1) is 11.6 Å². The van der Waals surface area contributed by atoms with Crippen molar-refractivity contribution in [2.45, 2.75) is 18.9 Å². The molecule has 1 heterocycles. The minimum atomic E-state index is -0.210. The van der Waals surface area contributed by atoms with Gasteiger partial charge in [-0.3, -0.25) is 4.79 Å². The molecule has 0 aliphatic carbocycles. The minimum absolute atomic E-state index is 0.0631. The smallest absolute Gasteiger partial charge is 0.251 e. The number of ether oxygens (including phenoxy) is 1. The number of alkyl halides is 1. The number of nitrogens with zero attached hydrogens (tertiary/aromatic N) is 1. The van der Waals surface area contributed by atoms with Crippen LogP contribution in [-0.2, 0) is 9.53 Å². The summed E-state index contributed by atoms with van der Waals surface area (Å²) in [5.41, 5.74) is 0. The second-order valence-electron chi connectivity index (χ2n) is 2.95. The van der Waals surface area contributed by atoms with Gasteiger partial charge in [0.15, 0.2) is 0 Å². The third kappa shape index (κ3) is 2.35. The largest absolute Gasteiger partial charge is 0.368 e. The maximum Gasteiger partial charge on any atom is 0.251 e. The van der Waals surface area contributed by atoms with Gasteiger partial charge in [0.1, 0.15) is 6.10 Å². The molecule has 1 amide bonds. The molecule has 0 aromatic heterocycles. The average Bonchev–Trinajstić information content (AvgIpc) is 2.55. The molecule has 0 aromatic rings. The Hall–Kier alpha value is -0.280. The van der Waals surface area contributed by atoms with Crippen LogP contribution in [0.3, 0.4) is 0 Å². The molecule has 0 spiro atoms. The molecular weight excluding hydrogens is 178 g/mol. The predicted molar refractivity (Wildman–Crippen MR) is 47.3 cm³/mol. The highest BCUT2D eigenvalue weighted by atomic mass is 35.5. The van der Waals surface area contributed by atoms with Crippen molar-refractivity contribution in [3.8, 4) is 0 Å². The van der Waals surface area contributed by atoms with E-state index in [9.17, 15) is 4.79 Å². The van der Waals surface area contributed by atoms with Gasteiger partial charge in [-0.05, 0) is 12.8 Å². The van der Waals surface area contributed by atoms with Crippen LogP contribution in [0.25, 0.3) is 0 Å². The number of carbonyl (C=O) groups is 1. The molecular formula is C8H14ClNO2. The second-order valence-corrected chi connectivity index (χ2v) is 3.33. The Morgan fingerprint density at radius 2 is 2.50 bits per heavy atom. The van der Waals surface area contributed by atoms with E-state index in [2.05, 4.69) is 0 Å². The molecule has 0 N–H and O–H groups in total. The third-order valence-electron chi connectivity index (χ3n) is 2.00. The van der Waals surface area contributed by atoms with Gasteiger partial charge >= 0.3 is 0 Å². The number of hydrogen-bond acceptors (Lipinski definition) is 2. The van der Waals surface area contributed by atoms with Gasteiger partial charge in [0, 0.05) is 26.1 Å². The Bertz CT molecular complexity index is 157. The highest BCUT2D eigenvalue weighted by molar-refractivity contribution is 6.18. The van der Waals surface area contributed by atoms with Crippen LogP contribution in [0.1, 0.15) is 12.8 Å². The van der Waals surface area contributed by atoms with Crippen LogP contribution < -0.4 is 0 Å². The highest BCUT2D eigenvalue weighted by Crippen LogP contribution is 2.13. The third-order valence-corrected chi connectivity index (χ3v) is 2.17. The fraction of sp³-hybridized carbons (Fsp3) is 0.875. The number of rotatable bonds is 3. The van der Waals surface area contributed by atoms with Crippen molar-refractivity contribution in [3.05, 3.63) is 0 Å². The summed E-state index contributed by atoms with van der Waals surface area (Å²) in [4.78, 5) is 13.1. The minimum Gasteiger partial charge on any atom is -0.368 e. The van der Waals surface area contributed by atoms with Crippen molar-refractivity contribution < 1.29 is 9.53 Å². The number of amides is 1. The van der Waals surface area contributed by atoms with Crippen LogP contribution in [0, 0.1) is 0 Å². The summed E-state index contributed by atoms with van der Waals surface area (Å²) >= 11 is 5.51. The summed E-state index contributed by atoms with van der Waals surface area (Å²) in [6.07, 6.45) is 1.63.